The Kier molecular flexibility index (Phi) is 78.6. The largest absolute Gasteiger partial charge is 0.472 e. The molecular formula is C86H168O17P2. The molecule has 5 atom stereocenters. The summed E-state index contributed by atoms with van der Waals surface area (Å²) in [6.07, 6.45) is 74.8. The zero-order chi connectivity index (χ0) is 76.7. The quantitative estimate of drug-likeness (QED) is 0.0222. The smallest absolute Gasteiger partial charge is 0.462 e. The molecule has 0 aliphatic carbocycles. The highest BCUT2D eigenvalue weighted by molar-refractivity contribution is 7.47. The summed E-state index contributed by atoms with van der Waals surface area (Å²) in [5.74, 6) is -2.09. The fraction of sp³-hybridized carbons (Fsp3) is 0.953. The van der Waals surface area contributed by atoms with E-state index in [1.165, 1.54) is 302 Å². The van der Waals surface area contributed by atoms with E-state index in [4.69, 9.17) is 37.0 Å². The van der Waals surface area contributed by atoms with Gasteiger partial charge in [-0.25, -0.2) is 9.13 Å². The van der Waals surface area contributed by atoms with E-state index in [0.717, 1.165) is 89.9 Å². The summed E-state index contributed by atoms with van der Waals surface area (Å²) in [7, 11) is -9.93. The van der Waals surface area contributed by atoms with Crippen molar-refractivity contribution < 1.29 is 80.2 Å². The number of carbonyl (C=O) groups is 4. The lowest BCUT2D eigenvalue weighted by Gasteiger charge is -2.21. The third-order valence-electron chi connectivity index (χ3n) is 20.4. The Morgan fingerprint density at radius 3 is 0.562 bits per heavy atom. The van der Waals surface area contributed by atoms with Crippen molar-refractivity contribution in [3.63, 3.8) is 0 Å². The summed E-state index contributed by atoms with van der Waals surface area (Å²) < 4.78 is 68.9. The lowest BCUT2D eigenvalue weighted by atomic mass is 10.0. The first-order valence-corrected chi connectivity index (χ1v) is 47.8. The van der Waals surface area contributed by atoms with Gasteiger partial charge in [0.25, 0.3) is 0 Å². The monoisotopic (exact) mass is 1540 g/mol. The van der Waals surface area contributed by atoms with Crippen LogP contribution in [0.4, 0.5) is 0 Å². The Morgan fingerprint density at radius 1 is 0.229 bits per heavy atom. The zero-order valence-electron chi connectivity index (χ0n) is 68.7. The number of esters is 4. The Bertz CT molecular complexity index is 1980. The first-order chi connectivity index (χ1) is 51.2. The molecule has 105 heavy (non-hydrogen) atoms. The number of hydrogen-bond acceptors (Lipinski definition) is 15. The molecule has 17 nitrogen and oxygen atoms in total. The number of hydrogen-bond donors (Lipinski definition) is 3. The molecule has 0 aliphatic heterocycles. The summed E-state index contributed by atoms with van der Waals surface area (Å²) in [4.78, 5) is 73.3. The van der Waals surface area contributed by atoms with Crippen molar-refractivity contribution in [2.75, 3.05) is 39.6 Å². The van der Waals surface area contributed by atoms with Crippen molar-refractivity contribution in [1.82, 2.24) is 0 Å². The maximum Gasteiger partial charge on any atom is 0.472 e. The Balaban J connectivity index is 5.25. The summed E-state index contributed by atoms with van der Waals surface area (Å²) in [5, 5.41) is 10.7. The van der Waals surface area contributed by atoms with Gasteiger partial charge in [0.05, 0.1) is 26.4 Å². The van der Waals surface area contributed by atoms with Gasteiger partial charge >= 0.3 is 39.5 Å². The number of ether oxygens (including phenoxy) is 4. The maximum absolute atomic E-state index is 13.1. The van der Waals surface area contributed by atoms with Gasteiger partial charge in [0.2, 0.25) is 0 Å². The number of aliphatic hydroxyl groups is 1. The molecule has 0 aromatic carbocycles. The molecule has 0 fully saturated rings. The molecule has 0 saturated heterocycles. The van der Waals surface area contributed by atoms with Gasteiger partial charge in [0.15, 0.2) is 12.2 Å². The average molecular weight is 1540 g/mol. The highest BCUT2D eigenvalue weighted by Gasteiger charge is 2.30. The third-order valence-corrected chi connectivity index (χ3v) is 22.3. The summed E-state index contributed by atoms with van der Waals surface area (Å²) in [6, 6.07) is 0. The van der Waals surface area contributed by atoms with E-state index >= 15 is 0 Å². The van der Waals surface area contributed by atoms with Gasteiger partial charge in [-0.1, -0.05) is 419 Å². The predicted octanol–water partition coefficient (Wildman–Crippen LogP) is 26.5. The predicted molar refractivity (Wildman–Crippen MR) is 432 cm³/mol. The molecule has 0 rings (SSSR count). The van der Waals surface area contributed by atoms with Crippen molar-refractivity contribution in [1.29, 1.82) is 0 Å². The highest BCUT2D eigenvalue weighted by atomic mass is 31.2. The van der Waals surface area contributed by atoms with Gasteiger partial charge in [0, 0.05) is 25.7 Å². The highest BCUT2D eigenvalue weighted by Crippen LogP contribution is 2.45. The first kappa shape index (κ1) is 103. The zero-order valence-corrected chi connectivity index (χ0v) is 70.5. The van der Waals surface area contributed by atoms with E-state index in [2.05, 4.69) is 27.7 Å². The number of carbonyl (C=O) groups excluding carboxylic acids is 4. The van der Waals surface area contributed by atoms with Crippen LogP contribution in [0.25, 0.3) is 0 Å². The fourth-order valence-electron chi connectivity index (χ4n) is 13.5. The van der Waals surface area contributed by atoms with E-state index in [-0.39, 0.29) is 25.7 Å². The van der Waals surface area contributed by atoms with Crippen molar-refractivity contribution in [3.8, 4) is 0 Å². The first-order valence-electron chi connectivity index (χ1n) is 44.8. The van der Waals surface area contributed by atoms with E-state index in [1.54, 1.807) is 0 Å². The van der Waals surface area contributed by atoms with Crippen LogP contribution >= 0.6 is 15.6 Å². The summed E-state index contributed by atoms with van der Waals surface area (Å²) in [6.45, 7) is 5.07. The van der Waals surface area contributed by atoms with Crippen molar-refractivity contribution in [3.05, 3.63) is 0 Å². The van der Waals surface area contributed by atoms with Gasteiger partial charge in [-0.15, -0.1) is 0 Å². The molecular weight excluding hydrogens is 1370 g/mol. The lowest BCUT2D eigenvalue weighted by molar-refractivity contribution is -0.161. The van der Waals surface area contributed by atoms with Crippen LogP contribution in [0, 0.1) is 0 Å². The normalized spacial score (nSPS) is 13.7. The van der Waals surface area contributed by atoms with Gasteiger partial charge < -0.3 is 33.8 Å². The number of phosphoric ester groups is 2. The number of phosphoric acid groups is 2. The maximum atomic E-state index is 13.1. The van der Waals surface area contributed by atoms with Crippen LogP contribution in [0.15, 0.2) is 0 Å². The van der Waals surface area contributed by atoms with Gasteiger partial charge in [-0.3, -0.25) is 37.3 Å². The number of unbranched alkanes of at least 4 members (excludes halogenated alkanes) is 61. The minimum absolute atomic E-state index is 0.109. The topological polar surface area (TPSA) is 237 Å². The van der Waals surface area contributed by atoms with E-state index in [0.29, 0.717) is 25.7 Å². The van der Waals surface area contributed by atoms with E-state index in [1.807, 2.05) is 0 Å². The van der Waals surface area contributed by atoms with E-state index < -0.39 is 97.5 Å². The molecule has 624 valence electrons. The number of aliphatic hydroxyl groups excluding tert-OH is 1. The van der Waals surface area contributed by atoms with Crippen LogP contribution in [0.5, 0.6) is 0 Å². The molecule has 2 unspecified atom stereocenters. The van der Waals surface area contributed by atoms with Crippen molar-refractivity contribution >= 4 is 39.5 Å². The minimum atomic E-state index is -4.96. The Morgan fingerprint density at radius 2 is 0.381 bits per heavy atom. The molecule has 0 aromatic rings. The SMILES string of the molecule is CCCCCCCCCCCCCCCCCCCCCCC(=O)O[C@H](COC(=O)CCCCCCCCCCCCCCCCCC)COP(=O)(O)OC[C@@H](O)COP(=O)(O)OC[C@@H](COC(=O)CCCCCCCCCCCCCCC)OC(=O)CCCCCCCCCCCCCCCCCC. The molecule has 0 spiro atoms. The molecule has 19 heteroatoms. The Hall–Kier alpha value is -1.94. The molecule has 0 heterocycles. The molecule has 0 amide bonds. The van der Waals surface area contributed by atoms with E-state index in [9.17, 15) is 43.2 Å². The standard InChI is InChI=1S/C86H168O17P2/c1-5-9-13-17-21-25-29-33-36-39-40-41-42-45-49-53-57-61-65-69-73-86(91)103-82(77-97-84(89)71-67-63-59-55-51-47-43-37-34-30-26-22-18-14-10-6-2)79-101-105(94,95)99-75-80(87)74-98-104(92,93)100-78-81(76-96-83(88)70-66-62-58-54-50-46-32-28-24-20-16-12-8-4)102-85(90)72-68-64-60-56-52-48-44-38-35-31-27-23-19-15-11-7-3/h80-82,87H,5-79H2,1-4H3,(H,92,93)(H,94,95)/t80-,81+,82+/m0/s1. The second-order valence-corrected chi connectivity index (χ2v) is 33.8. The summed E-state index contributed by atoms with van der Waals surface area (Å²) >= 11 is 0. The van der Waals surface area contributed by atoms with Gasteiger partial charge in [0.1, 0.15) is 19.3 Å². The van der Waals surface area contributed by atoms with Crippen molar-refractivity contribution in [2.45, 2.75) is 489 Å². The lowest BCUT2D eigenvalue weighted by Crippen LogP contribution is -2.30. The van der Waals surface area contributed by atoms with Crippen molar-refractivity contribution in [2.24, 2.45) is 0 Å². The summed E-state index contributed by atoms with van der Waals surface area (Å²) in [5.41, 5.74) is 0. The molecule has 0 aromatic heterocycles. The molecule has 0 saturated carbocycles. The molecule has 0 bridgehead atoms. The second kappa shape index (κ2) is 80.1. The van der Waals surface area contributed by atoms with Crippen LogP contribution < -0.4 is 0 Å². The van der Waals surface area contributed by atoms with Gasteiger partial charge in [-0.05, 0) is 25.7 Å². The molecule has 0 radical (unpaired) electrons. The molecule has 0 aliphatic rings. The third kappa shape index (κ3) is 79.9. The average Bonchev–Trinajstić information content (AvgIpc) is 0.935. The number of rotatable bonds is 87. The van der Waals surface area contributed by atoms with Crippen LogP contribution in [0.3, 0.4) is 0 Å². The minimum Gasteiger partial charge on any atom is -0.462 e. The van der Waals surface area contributed by atoms with Crippen LogP contribution in [-0.4, -0.2) is 96.7 Å². The Labute approximate surface area is 645 Å². The fourth-order valence-corrected chi connectivity index (χ4v) is 15.1. The van der Waals surface area contributed by atoms with Gasteiger partial charge in [-0.2, -0.15) is 0 Å². The van der Waals surface area contributed by atoms with Crippen LogP contribution in [0.2, 0.25) is 0 Å². The van der Waals surface area contributed by atoms with Crippen LogP contribution in [-0.2, 0) is 65.4 Å². The molecule has 3 N–H and O–H groups in total. The second-order valence-electron chi connectivity index (χ2n) is 30.9. The van der Waals surface area contributed by atoms with Crippen LogP contribution in [0.1, 0.15) is 471 Å².